The summed E-state index contributed by atoms with van der Waals surface area (Å²) in [5.41, 5.74) is 0. The van der Waals surface area contributed by atoms with E-state index in [9.17, 15) is 17.6 Å². The lowest BCUT2D eigenvalue weighted by Gasteiger charge is -2.30. The highest BCUT2D eigenvalue weighted by Gasteiger charge is 2.29. The monoisotopic (exact) mass is 670 g/mol. The highest BCUT2D eigenvalue weighted by Crippen LogP contribution is 2.49. The Bertz CT molecular complexity index is 2290. The number of hydrogen-bond acceptors (Lipinski definition) is 0. The Kier molecular flexibility index (Phi) is 7.22. The molecule has 0 saturated heterocycles. The van der Waals surface area contributed by atoms with Crippen LogP contribution in [-0.4, -0.2) is 12.6 Å². The largest absolute Gasteiger partial charge is 0.207 e. The molecule has 0 fully saturated rings. The van der Waals surface area contributed by atoms with Crippen LogP contribution in [0.5, 0.6) is 0 Å². The van der Waals surface area contributed by atoms with Crippen LogP contribution in [0, 0.1) is 23.3 Å². The quantitative estimate of drug-likeness (QED) is 0.0945. The van der Waals surface area contributed by atoms with Gasteiger partial charge in [0.05, 0.1) is 0 Å². The minimum absolute atomic E-state index is 0.338. The molecule has 0 aromatic heterocycles. The Hall–Kier alpha value is -4.88. The molecule has 0 unspecified atom stereocenters. The van der Waals surface area contributed by atoms with Crippen LogP contribution < -0.4 is 31.8 Å². The summed E-state index contributed by atoms with van der Waals surface area (Å²) in [7, 11) is 0. The molecule has 0 aliphatic rings. The van der Waals surface area contributed by atoms with E-state index in [4.69, 9.17) is 12.6 Å². The normalized spacial score (nSPS) is 12.3. The zero-order valence-corrected chi connectivity index (χ0v) is 27.5. The van der Waals surface area contributed by atoms with Gasteiger partial charge < -0.3 is 0 Å². The minimum Gasteiger partial charge on any atom is -0.207 e. The van der Waals surface area contributed by atoms with Crippen LogP contribution in [-0.2, 0) is 0 Å². The zero-order valence-electron chi connectivity index (χ0n) is 25.7. The first-order chi connectivity index (χ1) is 23.2. The average molecular weight is 671 g/mol. The average Bonchev–Trinajstić information content (AvgIpc) is 3.11. The van der Waals surface area contributed by atoms with Gasteiger partial charge in [0.25, 0.3) is 0 Å². The van der Waals surface area contributed by atoms with E-state index < -0.39 is 13.8 Å². The van der Waals surface area contributed by atoms with E-state index in [2.05, 4.69) is 48.5 Å². The van der Waals surface area contributed by atoms with Gasteiger partial charge in [0.2, 0.25) is 0 Å². The summed E-state index contributed by atoms with van der Waals surface area (Å²) in [6.07, 6.45) is 9.75. The van der Waals surface area contributed by atoms with Crippen molar-refractivity contribution in [1.82, 2.24) is 0 Å². The van der Waals surface area contributed by atoms with Gasteiger partial charge in [-0.15, -0.1) is 0 Å². The molecular formula is C42H28F4P2. The van der Waals surface area contributed by atoms with E-state index in [0.717, 1.165) is 64.1 Å². The molecule has 0 saturated carbocycles. The van der Waals surface area contributed by atoms with Crippen molar-refractivity contribution in [2.45, 2.75) is 0 Å². The predicted octanol–water partition coefficient (Wildman–Crippen LogP) is 8.59. The molecule has 8 aromatic carbocycles. The van der Waals surface area contributed by atoms with Crippen molar-refractivity contribution < 1.29 is 17.6 Å². The van der Waals surface area contributed by atoms with Crippen molar-refractivity contribution in [3.63, 3.8) is 0 Å². The third kappa shape index (κ3) is 4.66. The third-order valence-electron chi connectivity index (χ3n) is 9.51. The van der Waals surface area contributed by atoms with E-state index in [1.165, 1.54) is 48.5 Å². The van der Waals surface area contributed by atoms with Crippen molar-refractivity contribution in [1.29, 1.82) is 0 Å². The molecule has 0 N–H and O–H groups in total. The van der Waals surface area contributed by atoms with Gasteiger partial charge in [-0.05, 0) is 126 Å². The van der Waals surface area contributed by atoms with Gasteiger partial charge in [-0.3, -0.25) is 0 Å². The Morgan fingerprint density at radius 3 is 0.833 bits per heavy atom. The molecule has 6 heteroatoms. The van der Waals surface area contributed by atoms with Gasteiger partial charge in [0, 0.05) is 0 Å². The number of benzene rings is 8. The summed E-state index contributed by atoms with van der Waals surface area (Å²) >= 11 is 0. The van der Waals surface area contributed by atoms with Gasteiger partial charge in [0.15, 0.2) is 0 Å². The van der Waals surface area contributed by atoms with Gasteiger partial charge in [-0.25, -0.2) is 17.6 Å². The van der Waals surface area contributed by atoms with Crippen LogP contribution in [0.4, 0.5) is 17.6 Å². The maximum Gasteiger partial charge on any atom is 0.123 e. The molecule has 0 spiro atoms. The van der Waals surface area contributed by atoms with Gasteiger partial charge in [-0.2, -0.15) is 0 Å². The van der Waals surface area contributed by atoms with E-state index in [1.54, 1.807) is 48.5 Å². The molecule has 0 amide bonds. The zero-order chi connectivity index (χ0) is 33.2. The van der Waals surface area contributed by atoms with Crippen LogP contribution in [0.3, 0.4) is 0 Å². The van der Waals surface area contributed by atoms with Crippen molar-refractivity contribution in [2.24, 2.45) is 0 Å². The summed E-state index contributed by atoms with van der Waals surface area (Å²) in [4.78, 5) is 0. The fraction of sp³-hybridized carbons (Fsp3) is 0. The maximum absolute atomic E-state index is 14.2. The van der Waals surface area contributed by atoms with Crippen LogP contribution in [0.1, 0.15) is 0 Å². The number of rotatable bonds is 6. The minimum atomic E-state index is -2.63. The van der Waals surface area contributed by atoms with Crippen molar-refractivity contribution in [2.75, 3.05) is 0 Å². The number of halogens is 4. The van der Waals surface area contributed by atoms with Crippen LogP contribution in [0.25, 0.3) is 32.3 Å². The summed E-state index contributed by atoms with van der Waals surface area (Å²) in [6.45, 7) is -5.27. The van der Waals surface area contributed by atoms with Crippen LogP contribution in [0.15, 0.2) is 146 Å². The highest BCUT2D eigenvalue weighted by molar-refractivity contribution is 7.94. The van der Waals surface area contributed by atoms with Crippen LogP contribution >= 0.6 is 13.8 Å². The second kappa shape index (κ2) is 11.4. The molecule has 8 aromatic rings. The molecule has 0 aliphatic carbocycles. The fourth-order valence-corrected chi connectivity index (χ4v) is 13.3. The molecule has 0 heterocycles. The Morgan fingerprint density at radius 1 is 0.312 bits per heavy atom. The second-order valence-corrected chi connectivity index (χ2v) is 18.4. The molecular weight excluding hydrogens is 642 g/mol. The van der Waals surface area contributed by atoms with E-state index in [-0.39, 0.29) is 23.3 Å². The first-order valence-electron chi connectivity index (χ1n) is 15.4. The summed E-state index contributed by atoms with van der Waals surface area (Å²) < 4.78 is 56.7. The van der Waals surface area contributed by atoms with Crippen molar-refractivity contribution >= 4 is 90.5 Å². The fourth-order valence-electron chi connectivity index (χ4n) is 7.07. The van der Waals surface area contributed by atoms with E-state index in [1.807, 2.05) is 0 Å². The molecule has 0 nitrogen and oxygen atoms in total. The van der Waals surface area contributed by atoms with Crippen LogP contribution in [0.2, 0.25) is 0 Å². The molecule has 234 valence electrons. The van der Waals surface area contributed by atoms with Crippen molar-refractivity contribution in [3.8, 4) is 0 Å². The SMILES string of the molecule is C=P(c1ccc(F)cc1)(c1ccc(F)cc1)c1ccc2ccc3ccc(P(=C)(c4ccc(F)cc4)c4ccc(F)cc4)c4ccc1c2c34. The van der Waals surface area contributed by atoms with Gasteiger partial charge in [-0.1, -0.05) is 110 Å². The second-order valence-electron chi connectivity index (χ2n) is 12.1. The first-order valence-corrected chi connectivity index (χ1v) is 19.4. The first kappa shape index (κ1) is 30.5. The summed E-state index contributed by atoms with van der Waals surface area (Å²) in [5.74, 6) is -1.35. The maximum atomic E-state index is 14.2. The Morgan fingerprint density at radius 2 is 0.562 bits per heavy atom. The lowest BCUT2D eigenvalue weighted by molar-refractivity contribution is 0.628. The molecule has 0 aliphatic heterocycles. The third-order valence-corrected chi connectivity index (χ3v) is 16.7. The molecule has 8 rings (SSSR count). The van der Waals surface area contributed by atoms with Gasteiger partial charge >= 0.3 is 0 Å². The summed E-state index contributed by atoms with van der Waals surface area (Å²) in [5, 5.41) is 11.7. The highest BCUT2D eigenvalue weighted by atomic mass is 31.2. The van der Waals surface area contributed by atoms with E-state index >= 15 is 0 Å². The predicted molar refractivity (Wildman–Crippen MR) is 202 cm³/mol. The lowest BCUT2D eigenvalue weighted by atomic mass is 9.94. The molecule has 0 atom stereocenters. The summed E-state index contributed by atoms with van der Waals surface area (Å²) in [6, 6.07) is 42.7. The standard InChI is InChI=1S/C42H28F4P2/c1-47(33-15-7-29(43)8-16-33,34-17-9-30(44)10-18-34)39-25-5-27-3-4-28-6-26-40(38-24-23-37(39)41(27)42(28)38)48(2,35-19-11-31(45)12-20-35)36-21-13-32(46)14-22-36/h3-26H,1-2H2. The Labute approximate surface area is 276 Å². The van der Waals surface area contributed by atoms with Gasteiger partial charge in [0.1, 0.15) is 23.3 Å². The molecule has 0 radical (unpaired) electrons. The molecule has 0 bridgehead atoms. The topological polar surface area (TPSA) is 0 Å². The number of hydrogen-bond donors (Lipinski definition) is 0. The molecule has 48 heavy (non-hydrogen) atoms. The lowest BCUT2D eigenvalue weighted by Crippen LogP contribution is -2.27. The van der Waals surface area contributed by atoms with Crippen molar-refractivity contribution in [3.05, 3.63) is 169 Å². The smallest absolute Gasteiger partial charge is 0.123 e. The Balaban J connectivity index is 1.46. The van der Waals surface area contributed by atoms with E-state index in [0.29, 0.717) is 0 Å².